The molecule has 29 heavy (non-hydrogen) atoms. The van der Waals surface area contributed by atoms with Gasteiger partial charge in [-0.15, -0.1) is 0 Å². The number of H-pyrrole nitrogens is 1. The van der Waals surface area contributed by atoms with Gasteiger partial charge in [-0.3, -0.25) is 9.59 Å². The van der Waals surface area contributed by atoms with Gasteiger partial charge in [0.1, 0.15) is 6.04 Å². The average Bonchev–Trinajstić information content (AvgIpc) is 3.11. The molecule has 0 spiro atoms. The maximum absolute atomic E-state index is 13.1. The Morgan fingerprint density at radius 1 is 1.24 bits per heavy atom. The first-order valence-corrected chi connectivity index (χ1v) is 9.87. The Labute approximate surface area is 167 Å². The van der Waals surface area contributed by atoms with Gasteiger partial charge in [0, 0.05) is 29.7 Å². The number of aromatic amines is 1. The third kappa shape index (κ3) is 3.64. The zero-order valence-corrected chi connectivity index (χ0v) is 16.2. The summed E-state index contributed by atoms with van der Waals surface area (Å²) >= 11 is 0. The highest BCUT2D eigenvalue weighted by Gasteiger charge is 2.47. The molecule has 3 unspecified atom stereocenters. The van der Waals surface area contributed by atoms with E-state index in [2.05, 4.69) is 19.9 Å². The number of aryl methyl sites for hydroxylation is 1. The van der Waals surface area contributed by atoms with Crippen molar-refractivity contribution >= 4 is 11.9 Å². The Morgan fingerprint density at radius 3 is 2.66 bits per heavy atom. The zero-order valence-electron chi connectivity index (χ0n) is 16.2. The van der Waals surface area contributed by atoms with Gasteiger partial charge in [-0.1, -0.05) is 12.8 Å². The maximum Gasteiger partial charge on any atom is 0.326 e. The monoisotopic (exact) mass is 397 g/mol. The average molecular weight is 397 g/mol. The van der Waals surface area contributed by atoms with Crippen molar-refractivity contribution in [1.82, 2.24) is 24.8 Å². The van der Waals surface area contributed by atoms with Crippen molar-refractivity contribution in [2.75, 3.05) is 0 Å². The molecule has 2 aromatic heterocycles. The van der Waals surface area contributed by atoms with Gasteiger partial charge in [0.05, 0.1) is 6.42 Å². The Kier molecular flexibility index (Phi) is 5.12. The molecule has 9 heteroatoms. The molecule has 2 fully saturated rings. The quantitative estimate of drug-likeness (QED) is 0.796. The van der Waals surface area contributed by atoms with E-state index in [0.29, 0.717) is 17.9 Å². The topological polar surface area (TPSA) is 129 Å². The molecular weight excluding hydrogens is 374 g/mol. The van der Waals surface area contributed by atoms with Crippen molar-refractivity contribution in [1.29, 1.82) is 0 Å². The number of fused-ring (bicyclic) bond motifs is 1. The number of nitrogens with one attached hydrogen (secondary N) is 1. The largest absolute Gasteiger partial charge is 0.480 e. The molecule has 0 aromatic carbocycles. The predicted molar refractivity (Wildman–Crippen MR) is 103 cm³/mol. The molecule has 0 radical (unpaired) electrons. The minimum Gasteiger partial charge on any atom is -0.480 e. The number of nitrogens with zero attached hydrogens (tertiary/aromatic N) is 4. The molecule has 1 aliphatic carbocycles. The fourth-order valence-electron chi connectivity index (χ4n) is 4.63. The summed E-state index contributed by atoms with van der Waals surface area (Å²) in [7, 11) is 0. The van der Waals surface area contributed by atoms with Crippen molar-refractivity contribution in [2.45, 2.75) is 57.5 Å². The fourth-order valence-corrected chi connectivity index (χ4v) is 4.63. The van der Waals surface area contributed by atoms with Crippen LogP contribution in [0.4, 0.5) is 0 Å². The van der Waals surface area contributed by atoms with Gasteiger partial charge < -0.3 is 15.0 Å². The van der Waals surface area contributed by atoms with E-state index in [4.69, 9.17) is 0 Å². The van der Waals surface area contributed by atoms with Crippen LogP contribution < -0.4 is 5.56 Å². The van der Waals surface area contributed by atoms with Crippen LogP contribution in [0.5, 0.6) is 0 Å². The number of carbonyl (C=O) groups excluding carboxylic acids is 1. The van der Waals surface area contributed by atoms with Crippen molar-refractivity contribution < 1.29 is 14.7 Å². The van der Waals surface area contributed by atoms with Crippen molar-refractivity contribution in [3.63, 3.8) is 0 Å². The first-order chi connectivity index (χ1) is 14.0. The van der Waals surface area contributed by atoms with Crippen LogP contribution in [0.3, 0.4) is 0 Å². The Balaban J connectivity index is 1.61. The van der Waals surface area contributed by atoms with E-state index < -0.39 is 17.6 Å². The summed E-state index contributed by atoms with van der Waals surface area (Å²) in [4.78, 5) is 54.2. The summed E-state index contributed by atoms with van der Waals surface area (Å²) in [6, 6.07) is 0.788. The number of amides is 1. The molecule has 1 saturated carbocycles. The predicted octanol–water partition coefficient (Wildman–Crippen LogP) is 1.32. The van der Waals surface area contributed by atoms with E-state index in [-0.39, 0.29) is 35.7 Å². The second kappa shape index (κ2) is 7.73. The summed E-state index contributed by atoms with van der Waals surface area (Å²) in [5.41, 5.74) is 0.230. The third-order valence-electron chi connectivity index (χ3n) is 5.99. The van der Waals surface area contributed by atoms with Crippen molar-refractivity contribution in [3.8, 4) is 11.6 Å². The Hall–Kier alpha value is -3.10. The number of aromatic nitrogens is 4. The lowest BCUT2D eigenvalue weighted by Crippen LogP contribution is -2.47. The number of hydrogen-bond acceptors (Lipinski definition) is 6. The molecule has 4 rings (SSSR count). The first-order valence-electron chi connectivity index (χ1n) is 9.87. The minimum atomic E-state index is -0.979. The standard InChI is InChI=1S/C20H23N5O4/c1-11-13(19(27)24-18(23-11)17-21-7-4-8-22-17)10-16(26)25-14-6-3-2-5-12(14)9-15(25)20(28)29/h4,7-8,12,14-15H,2-3,5-6,9-10H2,1H3,(H,28,29)(H,23,24,27). The summed E-state index contributed by atoms with van der Waals surface area (Å²) in [5, 5.41) is 9.63. The molecule has 3 atom stereocenters. The number of rotatable bonds is 4. The number of aliphatic carboxylic acids is 1. The van der Waals surface area contributed by atoms with Gasteiger partial charge >= 0.3 is 5.97 Å². The normalized spacial score (nSPS) is 23.6. The molecule has 152 valence electrons. The number of hydrogen-bond donors (Lipinski definition) is 2. The first kappa shape index (κ1) is 19.2. The number of carboxylic acid groups (broad SMARTS) is 1. The third-order valence-corrected chi connectivity index (χ3v) is 5.99. The SMILES string of the molecule is Cc1nc(-c2ncccn2)[nH]c(=O)c1CC(=O)N1C(C(=O)O)CC2CCCCC21. The number of carboxylic acids is 1. The molecule has 2 aliphatic rings. The van der Waals surface area contributed by atoms with E-state index in [1.54, 1.807) is 25.4 Å². The highest BCUT2D eigenvalue weighted by Crippen LogP contribution is 2.40. The second-order valence-electron chi connectivity index (χ2n) is 7.73. The van der Waals surface area contributed by atoms with Crippen LogP contribution in [-0.4, -0.2) is 53.9 Å². The molecule has 0 bridgehead atoms. The number of likely N-dealkylation sites (tertiary alicyclic amines) is 1. The second-order valence-corrected chi connectivity index (χ2v) is 7.73. The van der Waals surface area contributed by atoms with E-state index in [9.17, 15) is 19.5 Å². The molecule has 2 N–H and O–H groups in total. The molecule has 1 saturated heterocycles. The van der Waals surface area contributed by atoms with Crippen LogP contribution in [0.25, 0.3) is 11.6 Å². The summed E-state index contributed by atoms with van der Waals surface area (Å²) < 4.78 is 0. The van der Waals surface area contributed by atoms with Crippen LogP contribution in [0.15, 0.2) is 23.3 Å². The van der Waals surface area contributed by atoms with Crippen LogP contribution in [0, 0.1) is 12.8 Å². The molecule has 9 nitrogen and oxygen atoms in total. The summed E-state index contributed by atoms with van der Waals surface area (Å²) in [6.45, 7) is 1.66. The summed E-state index contributed by atoms with van der Waals surface area (Å²) in [6.07, 6.45) is 7.25. The molecular formula is C20H23N5O4. The van der Waals surface area contributed by atoms with Crippen molar-refractivity contribution in [2.24, 2.45) is 5.92 Å². The molecule has 2 aromatic rings. The van der Waals surface area contributed by atoms with Gasteiger partial charge in [0.2, 0.25) is 5.91 Å². The van der Waals surface area contributed by atoms with E-state index >= 15 is 0 Å². The van der Waals surface area contributed by atoms with E-state index in [1.165, 1.54) is 4.90 Å². The van der Waals surface area contributed by atoms with Crippen LogP contribution >= 0.6 is 0 Å². The Morgan fingerprint density at radius 2 is 1.97 bits per heavy atom. The maximum atomic E-state index is 13.1. The lowest BCUT2D eigenvalue weighted by Gasteiger charge is -2.33. The van der Waals surface area contributed by atoms with E-state index in [0.717, 1.165) is 25.7 Å². The summed E-state index contributed by atoms with van der Waals surface area (Å²) in [5.74, 6) is -0.551. The zero-order chi connectivity index (χ0) is 20.5. The fraction of sp³-hybridized carbons (Fsp3) is 0.500. The van der Waals surface area contributed by atoms with Gasteiger partial charge in [0.15, 0.2) is 11.6 Å². The van der Waals surface area contributed by atoms with Crippen LogP contribution in [-0.2, 0) is 16.0 Å². The van der Waals surface area contributed by atoms with Gasteiger partial charge in [-0.25, -0.2) is 19.7 Å². The van der Waals surface area contributed by atoms with Gasteiger partial charge in [-0.2, -0.15) is 0 Å². The number of carbonyl (C=O) groups is 2. The Bertz CT molecular complexity index is 990. The molecule has 1 amide bonds. The molecule has 1 aliphatic heterocycles. The minimum absolute atomic E-state index is 0.0540. The van der Waals surface area contributed by atoms with Gasteiger partial charge in [-0.05, 0) is 38.2 Å². The van der Waals surface area contributed by atoms with Crippen LogP contribution in [0.2, 0.25) is 0 Å². The van der Waals surface area contributed by atoms with Crippen LogP contribution in [0.1, 0.15) is 43.4 Å². The molecule has 3 heterocycles. The lowest BCUT2D eigenvalue weighted by atomic mass is 9.84. The van der Waals surface area contributed by atoms with Gasteiger partial charge in [0.25, 0.3) is 5.56 Å². The van der Waals surface area contributed by atoms with E-state index in [1.807, 2.05) is 0 Å². The lowest BCUT2D eigenvalue weighted by molar-refractivity contribution is -0.149. The van der Waals surface area contributed by atoms with Crippen molar-refractivity contribution in [3.05, 3.63) is 40.1 Å². The highest BCUT2D eigenvalue weighted by molar-refractivity contribution is 5.86. The smallest absolute Gasteiger partial charge is 0.326 e. The highest BCUT2D eigenvalue weighted by atomic mass is 16.4.